The van der Waals surface area contributed by atoms with Gasteiger partial charge in [0, 0.05) is 6.54 Å². The number of carbonyl (C=O) groups is 1. The zero-order chi connectivity index (χ0) is 17.5. The van der Waals surface area contributed by atoms with E-state index in [1.54, 1.807) is 6.07 Å². The molecule has 0 aromatic heterocycles. The van der Waals surface area contributed by atoms with Crippen molar-refractivity contribution in [1.29, 1.82) is 0 Å². The number of nitrogens with two attached hydrogens (primary N) is 1. The van der Waals surface area contributed by atoms with Crippen molar-refractivity contribution in [3.05, 3.63) is 54.1 Å². The molecule has 2 aromatic rings. The van der Waals surface area contributed by atoms with Crippen LogP contribution in [0.25, 0.3) is 0 Å². The van der Waals surface area contributed by atoms with Crippen molar-refractivity contribution in [1.82, 2.24) is 4.90 Å². The van der Waals surface area contributed by atoms with Gasteiger partial charge in [-0.3, -0.25) is 0 Å². The Kier molecular flexibility index (Phi) is 6.21. The Morgan fingerprint density at radius 1 is 1.00 bits per heavy atom. The topological polar surface area (TPSA) is 58.8 Å². The van der Waals surface area contributed by atoms with Crippen LogP contribution in [0.1, 0.15) is 16.8 Å². The van der Waals surface area contributed by atoms with Crippen LogP contribution in [0.4, 0.5) is 17.1 Å². The number of esters is 1. The van der Waals surface area contributed by atoms with E-state index >= 15 is 0 Å². The average Bonchev–Trinajstić information content (AvgIpc) is 2.59. The van der Waals surface area contributed by atoms with Crippen molar-refractivity contribution in [2.24, 2.45) is 0 Å². The molecule has 0 fully saturated rings. The summed E-state index contributed by atoms with van der Waals surface area (Å²) in [7, 11) is 5.49. The predicted molar refractivity (Wildman–Crippen MR) is 98.8 cm³/mol. The Labute approximate surface area is 143 Å². The van der Waals surface area contributed by atoms with E-state index in [9.17, 15) is 4.79 Å². The Morgan fingerprint density at radius 2 is 1.62 bits per heavy atom. The molecule has 0 spiro atoms. The summed E-state index contributed by atoms with van der Waals surface area (Å²) >= 11 is 0. The minimum absolute atomic E-state index is 0.349. The lowest BCUT2D eigenvalue weighted by Crippen LogP contribution is -2.25. The van der Waals surface area contributed by atoms with E-state index in [0.717, 1.165) is 30.9 Å². The van der Waals surface area contributed by atoms with Crippen molar-refractivity contribution in [2.75, 3.05) is 44.9 Å². The summed E-state index contributed by atoms with van der Waals surface area (Å²) in [6.45, 7) is 1.70. The highest BCUT2D eigenvalue weighted by atomic mass is 16.5. The van der Waals surface area contributed by atoms with E-state index in [1.807, 2.05) is 56.6 Å². The first-order valence-electron chi connectivity index (χ1n) is 7.98. The van der Waals surface area contributed by atoms with Crippen molar-refractivity contribution in [2.45, 2.75) is 6.42 Å². The number of rotatable bonds is 7. The fourth-order valence-corrected chi connectivity index (χ4v) is 2.64. The number of para-hydroxylation sites is 3. The van der Waals surface area contributed by atoms with E-state index in [4.69, 9.17) is 10.5 Å². The number of benzene rings is 2. The van der Waals surface area contributed by atoms with Gasteiger partial charge >= 0.3 is 5.97 Å². The Bertz CT molecular complexity index is 686. The maximum atomic E-state index is 12.1. The second kappa shape index (κ2) is 8.36. The number of methoxy groups -OCH3 is 1. The summed E-state index contributed by atoms with van der Waals surface area (Å²) in [5.74, 6) is -0.349. The standard InChI is InChI=1S/C19H25N3O2/c1-21(2)13-8-14-22(18-12-7-5-10-16(18)20)17-11-6-4-9-15(17)19(23)24-3/h4-7,9-12H,8,13-14,20H2,1-3H3. The van der Waals surface area contributed by atoms with Crippen molar-refractivity contribution < 1.29 is 9.53 Å². The summed E-state index contributed by atoms with van der Waals surface area (Å²) < 4.78 is 4.93. The van der Waals surface area contributed by atoms with Crippen molar-refractivity contribution >= 4 is 23.0 Å². The van der Waals surface area contributed by atoms with Crippen molar-refractivity contribution in [3.63, 3.8) is 0 Å². The van der Waals surface area contributed by atoms with Gasteiger partial charge in [0.2, 0.25) is 0 Å². The summed E-state index contributed by atoms with van der Waals surface area (Å²) in [6.07, 6.45) is 0.941. The molecule has 24 heavy (non-hydrogen) atoms. The smallest absolute Gasteiger partial charge is 0.339 e. The third-order valence-electron chi connectivity index (χ3n) is 3.81. The first-order chi connectivity index (χ1) is 11.5. The number of hydrogen-bond acceptors (Lipinski definition) is 5. The molecule has 0 aliphatic rings. The molecule has 0 aliphatic heterocycles. The first kappa shape index (κ1) is 17.8. The van der Waals surface area contributed by atoms with Crippen LogP contribution in [0, 0.1) is 0 Å². The summed E-state index contributed by atoms with van der Waals surface area (Å²) in [5.41, 5.74) is 9.10. The van der Waals surface area contributed by atoms with Crippen LogP contribution >= 0.6 is 0 Å². The molecule has 0 heterocycles. The molecule has 0 unspecified atom stereocenters. The molecule has 5 nitrogen and oxygen atoms in total. The van der Waals surface area contributed by atoms with Gasteiger partial charge in [-0.25, -0.2) is 4.79 Å². The molecular formula is C19H25N3O2. The zero-order valence-corrected chi connectivity index (χ0v) is 14.5. The van der Waals surface area contributed by atoms with Crippen LogP contribution in [0.5, 0.6) is 0 Å². The monoisotopic (exact) mass is 327 g/mol. The minimum atomic E-state index is -0.349. The molecule has 2 rings (SSSR count). The minimum Gasteiger partial charge on any atom is -0.465 e. The number of ether oxygens (including phenoxy) is 1. The van der Waals surface area contributed by atoms with Crippen LogP contribution in [-0.4, -0.2) is 45.2 Å². The van der Waals surface area contributed by atoms with Crippen LogP contribution in [0.2, 0.25) is 0 Å². The third-order valence-corrected chi connectivity index (χ3v) is 3.81. The molecule has 0 bridgehead atoms. The number of carbonyl (C=O) groups excluding carboxylic acids is 1. The van der Waals surface area contributed by atoms with Gasteiger partial charge in [-0.2, -0.15) is 0 Å². The zero-order valence-electron chi connectivity index (χ0n) is 14.5. The summed E-state index contributed by atoms with van der Waals surface area (Å²) in [4.78, 5) is 16.4. The molecular weight excluding hydrogens is 302 g/mol. The van der Waals surface area contributed by atoms with E-state index in [2.05, 4.69) is 9.80 Å². The summed E-state index contributed by atoms with van der Waals surface area (Å²) in [5, 5.41) is 0. The largest absolute Gasteiger partial charge is 0.465 e. The molecule has 0 aliphatic carbocycles. The molecule has 128 valence electrons. The Hall–Kier alpha value is -2.53. The highest BCUT2D eigenvalue weighted by molar-refractivity contribution is 5.97. The highest BCUT2D eigenvalue weighted by Crippen LogP contribution is 2.33. The predicted octanol–water partition coefficient (Wildman–Crippen LogP) is 3.15. The first-order valence-corrected chi connectivity index (χ1v) is 7.98. The fourth-order valence-electron chi connectivity index (χ4n) is 2.64. The molecule has 5 heteroatoms. The lowest BCUT2D eigenvalue weighted by atomic mass is 10.1. The molecule has 0 saturated heterocycles. The van der Waals surface area contributed by atoms with Crippen molar-refractivity contribution in [3.8, 4) is 0 Å². The number of hydrogen-bond donors (Lipinski definition) is 1. The fraction of sp³-hybridized carbons (Fsp3) is 0.316. The van der Waals surface area contributed by atoms with Crippen LogP contribution < -0.4 is 10.6 Å². The van der Waals surface area contributed by atoms with E-state index < -0.39 is 0 Å². The van der Waals surface area contributed by atoms with Gasteiger partial charge in [-0.1, -0.05) is 24.3 Å². The van der Waals surface area contributed by atoms with Crippen LogP contribution in [0.15, 0.2) is 48.5 Å². The maximum Gasteiger partial charge on any atom is 0.339 e. The maximum absolute atomic E-state index is 12.1. The second-order valence-corrected chi connectivity index (χ2v) is 5.88. The molecule has 0 atom stereocenters. The van der Waals surface area contributed by atoms with E-state index in [1.165, 1.54) is 7.11 Å². The third kappa shape index (κ3) is 4.26. The molecule has 2 aromatic carbocycles. The van der Waals surface area contributed by atoms with Gasteiger partial charge in [-0.05, 0) is 51.3 Å². The molecule has 2 N–H and O–H groups in total. The van der Waals surface area contributed by atoms with Gasteiger partial charge in [0.25, 0.3) is 0 Å². The Morgan fingerprint density at radius 3 is 2.25 bits per heavy atom. The quantitative estimate of drug-likeness (QED) is 0.625. The van der Waals surface area contributed by atoms with Gasteiger partial charge in [0.1, 0.15) is 0 Å². The second-order valence-electron chi connectivity index (χ2n) is 5.88. The number of nitrogen functional groups attached to an aromatic ring is 1. The van der Waals surface area contributed by atoms with Gasteiger partial charge in [0.15, 0.2) is 0 Å². The lowest BCUT2D eigenvalue weighted by molar-refractivity contribution is 0.0601. The molecule has 0 radical (unpaired) electrons. The lowest BCUT2D eigenvalue weighted by Gasteiger charge is -2.28. The molecule has 0 amide bonds. The number of nitrogens with zero attached hydrogens (tertiary/aromatic N) is 2. The Balaban J connectivity index is 2.43. The summed E-state index contributed by atoms with van der Waals surface area (Å²) in [6, 6.07) is 15.2. The normalized spacial score (nSPS) is 10.7. The van der Waals surface area contributed by atoms with E-state index in [-0.39, 0.29) is 5.97 Å². The van der Waals surface area contributed by atoms with Gasteiger partial charge in [0.05, 0.1) is 29.7 Å². The average molecular weight is 327 g/mol. The number of anilines is 3. The molecule has 0 saturated carbocycles. The van der Waals surface area contributed by atoms with Crippen LogP contribution in [-0.2, 0) is 4.74 Å². The highest BCUT2D eigenvalue weighted by Gasteiger charge is 2.19. The van der Waals surface area contributed by atoms with Gasteiger partial charge < -0.3 is 20.3 Å². The van der Waals surface area contributed by atoms with E-state index in [0.29, 0.717) is 11.3 Å². The van der Waals surface area contributed by atoms with Gasteiger partial charge in [-0.15, -0.1) is 0 Å². The van der Waals surface area contributed by atoms with Crippen LogP contribution in [0.3, 0.4) is 0 Å². The SMILES string of the molecule is COC(=O)c1ccccc1N(CCCN(C)C)c1ccccc1N.